The van der Waals surface area contributed by atoms with E-state index >= 15 is 0 Å². The molecular formula is C21H20ClN7O2. The normalized spacial score (nSPS) is 16.7. The van der Waals surface area contributed by atoms with Crippen molar-refractivity contribution in [3.63, 3.8) is 0 Å². The van der Waals surface area contributed by atoms with Gasteiger partial charge >= 0.3 is 0 Å². The Morgan fingerprint density at radius 2 is 2.13 bits per heavy atom. The third kappa shape index (κ3) is 3.66. The van der Waals surface area contributed by atoms with Gasteiger partial charge in [-0.05, 0) is 24.6 Å². The number of fused-ring (bicyclic) bond motifs is 1. The molecule has 0 spiro atoms. The molecule has 1 aliphatic heterocycles. The molecule has 158 valence electrons. The lowest BCUT2D eigenvalue weighted by Gasteiger charge is -2.32. The largest absolute Gasteiger partial charge is 0.370 e. The molecule has 1 atom stereocenters. The molecule has 1 fully saturated rings. The predicted molar refractivity (Wildman–Crippen MR) is 117 cm³/mol. The number of aromatic amines is 1. The molecule has 1 aliphatic rings. The van der Waals surface area contributed by atoms with Crippen molar-refractivity contribution >= 4 is 28.6 Å². The summed E-state index contributed by atoms with van der Waals surface area (Å²) in [5.41, 5.74) is 3.78. The van der Waals surface area contributed by atoms with Crippen LogP contribution in [0.1, 0.15) is 17.2 Å². The molecule has 4 aromatic rings. The first kappa shape index (κ1) is 19.7. The fourth-order valence-electron chi connectivity index (χ4n) is 3.81. The lowest BCUT2D eigenvalue weighted by atomic mass is 10.0. The molecule has 9 nitrogen and oxygen atoms in total. The zero-order chi connectivity index (χ0) is 21.5. The highest BCUT2D eigenvalue weighted by Gasteiger charge is 2.26. The predicted octanol–water partition coefficient (Wildman–Crippen LogP) is 2.65. The third-order valence-corrected chi connectivity index (χ3v) is 5.60. The van der Waals surface area contributed by atoms with E-state index in [1.807, 2.05) is 37.2 Å². The molecule has 4 heterocycles. The summed E-state index contributed by atoms with van der Waals surface area (Å²) in [4.78, 5) is 31.0. The molecule has 1 N–H and O–H groups in total. The van der Waals surface area contributed by atoms with Crippen molar-refractivity contribution in [2.24, 2.45) is 7.05 Å². The number of H-pyrrole nitrogens is 1. The number of benzene rings is 1. The van der Waals surface area contributed by atoms with Crippen molar-refractivity contribution in [3.8, 4) is 11.3 Å². The lowest BCUT2D eigenvalue weighted by molar-refractivity contribution is 0.0392. The first-order valence-corrected chi connectivity index (χ1v) is 10.2. The zero-order valence-corrected chi connectivity index (χ0v) is 17.8. The maximum absolute atomic E-state index is 12.6. The summed E-state index contributed by atoms with van der Waals surface area (Å²) in [6.45, 7) is 3.63. The molecule has 1 saturated heterocycles. The van der Waals surface area contributed by atoms with Crippen molar-refractivity contribution < 1.29 is 4.74 Å². The number of nitrogens with one attached hydrogen (secondary N) is 1. The maximum Gasteiger partial charge on any atom is 0.277 e. The molecule has 3 aromatic heterocycles. The van der Waals surface area contributed by atoms with E-state index in [0.717, 1.165) is 16.7 Å². The van der Waals surface area contributed by atoms with Crippen LogP contribution in [-0.2, 0) is 11.8 Å². The Bertz CT molecular complexity index is 1330. The van der Waals surface area contributed by atoms with Gasteiger partial charge in [-0.3, -0.25) is 9.48 Å². The number of nitrogens with zero attached hydrogens (tertiary/aromatic N) is 6. The first-order valence-electron chi connectivity index (χ1n) is 9.86. The molecule has 1 unspecified atom stereocenters. The SMILES string of the molecule is Cc1cc(Cl)ccc1-c1nc(N2CCOC(c3cnn(C)c3)C2)nc2c(=O)[nH]cnc12. The Morgan fingerprint density at radius 3 is 2.90 bits per heavy atom. The van der Waals surface area contributed by atoms with Gasteiger partial charge in [0, 0.05) is 35.9 Å². The van der Waals surface area contributed by atoms with Gasteiger partial charge in [0.2, 0.25) is 5.95 Å². The number of rotatable bonds is 3. The van der Waals surface area contributed by atoms with Gasteiger partial charge in [0.15, 0.2) is 5.52 Å². The van der Waals surface area contributed by atoms with E-state index in [1.54, 1.807) is 16.9 Å². The Balaban J connectivity index is 1.62. The van der Waals surface area contributed by atoms with Crippen LogP contribution in [0.5, 0.6) is 0 Å². The van der Waals surface area contributed by atoms with E-state index < -0.39 is 0 Å². The number of anilines is 1. The van der Waals surface area contributed by atoms with E-state index in [-0.39, 0.29) is 17.2 Å². The number of hydrogen-bond donors (Lipinski definition) is 1. The average Bonchev–Trinajstić information content (AvgIpc) is 3.20. The molecule has 0 aliphatic carbocycles. The number of hydrogen-bond acceptors (Lipinski definition) is 7. The van der Waals surface area contributed by atoms with E-state index in [9.17, 15) is 4.79 Å². The van der Waals surface area contributed by atoms with Crippen molar-refractivity contribution in [1.82, 2.24) is 29.7 Å². The second-order valence-corrected chi connectivity index (χ2v) is 7.95. The molecule has 0 amide bonds. The minimum atomic E-state index is -0.307. The smallest absolute Gasteiger partial charge is 0.277 e. The summed E-state index contributed by atoms with van der Waals surface area (Å²) < 4.78 is 7.69. The zero-order valence-electron chi connectivity index (χ0n) is 17.0. The van der Waals surface area contributed by atoms with Gasteiger partial charge in [0.25, 0.3) is 5.56 Å². The topological polar surface area (TPSA) is 102 Å². The van der Waals surface area contributed by atoms with Gasteiger partial charge in [-0.25, -0.2) is 15.0 Å². The van der Waals surface area contributed by atoms with Gasteiger partial charge in [-0.15, -0.1) is 0 Å². The average molecular weight is 438 g/mol. The van der Waals surface area contributed by atoms with Crippen molar-refractivity contribution in [2.75, 3.05) is 24.6 Å². The molecule has 0 bridgehead atoms. The van der Waals surface area contributed by atoms with Gasteiger partial charge in [0.05, 0.1) is 25.7 Å². The maximum atomic E-state index is 12.6. The van der Waals surface area contributed by atoms with Crippen molar-refractivity contribution in [1.29, 1.82) is 0 Å². The minimum absolute atomic E-state index is 0.158. The van der Waals surface area contributed by atoms with E-state index in [2.05, 4.69) is 20.1 Å². The Kier molecular flexibility index (Phi) is 4.91. The van der Waals surface area contributed by atoms with Crippen LogP contribution >= 0.6 is 11.6 Å². The van der Waals surface area contributed by atoms with Crippen LogP contribution in [0, 0.1) is 6.92 Å². The molecule has 0 radical (unpaired) electrons. The number of morpholine rings is 1. The Hall–Kier alpha value is -3.30. The second-order valence-electron chi connectivity index (χ2n) is 7.51. The van der Waals surface area contributed by atoms with Crippen molar-refractivity contribution in [2.45, 2.75) is 13.0 Å². The first-order chi connectivity index (χ1) is 15.0. The highest BCUT2D eigenvalue weighted by atomic mass is 35.5. The molecule has 31 heavy (non-hydrogen) atoms. The minimum Gasteiger partial charge on any atom is -0.370 e. The summed E-state index contributed by atoms with van der Waals surface area (Å²) >= 11 is 6.14. The molecule has 5 rings (SSSR count). The van der Waals surface area contributed by atoms with Crippen LogP contribution in [0.15, 0.2) is 41.7 Å². The van der Waals surface area contributed by atoms with Crippen molar-refractivity contribution in [3.05, 3.63) is 63.4 Å². The summed E-state index contributed by atoms with van der Waals surface area (Å²) in [7, 11) is 1.87. The third-order valence-electron chi connectivity index (χ3n) is 5.37. The van der Waals surface area contributed by atoms with Crippen LogP contribution in [0.3, 0.4) is 0 Å². The summed E-state index contributed by atoms with van der Waals surface area (Å²) in [6.07, 6.45) is 4.95. The van der Waals surface area contributed by atoms with Crippen LogP contribution in [0.2, 0.25) is 5.02 Å². The van der Waals surface area contributed by atoms with E-state index in [1.165, 1.54) is 6.33 Å². The van der Waals surface area contributed by atoms with Crippen LogP contribution in [0.4, 0.5) is 5.95 Å². The lowest BCUT2D eigenvalue weighted by Crippen LogP contribution is -2.39. The summed E-state index contributed by atoms with van der Waals surface area (Å²) in [5.74, 6) is 0.465. The van der Waals surface area contributed by atoms with Gasteiger partial charge in [-0.1, -0.05) is 17.7 Å². The monoisotopic (exact) mass is 437 g/mol. The number of halogens is 1. The highest BCUT2D eigenvalue weighted by molar-refractivity contribution is 6.30. The van der Waals surface area contributed by atoms with Crippen LogP contribution < -0.4 is 10.5 Å². The Labute approximate surface area is 182 Å². The number of aromatic nitrogens is 6. The Morgan fingerprint density at radius 1 is 1.26 bits per heavy atom. The van der Waals surface area contributed by atoms with Crippen LogP contribution in [0.25, 0.3) is 22.3 Å². The molecular weight excluding hydrogens is 418 g/mol. The molecule has 10 heteroatoms. The van der Waals surface area contributed by atoms with Gasteiger partial charge < -0.3 is 14.6 Å². The second kappa shape index (κ2) is 7.75. The quantitative estimate of drug-likeness (QED) is 0.525. The fourth-order valence-corrected chi connectivity index (χ4v) is 4.04. The molecule has 0 saturated carbocycles. The highest BCUT2D eigenvalue weighted by Crippen LogP contribution is 2.31. The number of aryl methyl sites for hydroxylation is 2. The van der Waals surface area contributed by atoms with Gasteiger partial charge in [0.1, 0.15) is 17.3 Å². The van der Waals surface area contributed by atoms with E-state index in [4.69, 9.17) is 21.3 Å². The summed E-state index contributed by atoms with van der Waals surface area (Å²) in [6, 6.07) is 5.56. The van der Waals surface area contributed by atoms with E-state index in [0.29, 0.717) is 41.9 Å². The number of ether oxygens (including phenoxy) is 1. The summed E-state index contributed by atoms with van der Waals surface area (Å²) in [5, 5.41) is 4.87. The van der Waals surface area contributed by atoms with Crippen LogP contribution in [-0.4, -0.2) is 49.4 Å². The standard InChI is InChI=1S/C21H20ClN7O2/c1-12-7-14(22)3-4-15(12)17-18-19(20(30)24-11-23-18)27-21(26-17)29-5-6-31-16(10-29)13-8-25-28(2)9-13/h3-4,7-9,11,16H,5-6,10H2,1-2H3,(H,23,24,30). The fraction of sp³-hybridized carbons (Fsp3) is 0.286. The van der Waals surface area contributed by atoms with Gasteiger partial charge in [-0.2, -0.15) is 5.10 Å². The molecule has 1 aromatic carbocycles.